The number of nitrogen functional groups attached to an aromatic ring is 1. The summed E-state index contributed by atoms with van der Waals surface area (Å²) in [6.07, 6.45) is 5.12. The van der Waals surface area contributed by atoms with E-state index < -0.39 is 0 Å². The fourth-order valence-electron chi connectivity index (χ4n) is 2.41. The van der Waals surface area contributed by atoms with Crippen molar-refractivity contribution in [1.82, 2.24) is 14.8 Å². The maximum absolute atomic E-state index is 13.4. The molecule has 0 amide bonds. The zero-order valence-electron chi connectivity index (χ0n) is 12.1. The third-order valence-electron chi connectivity index (χ3n) is 3.48. The number of nitrogens with zero attached hydrogens (tertiary/aromatic N) is 3. The van der Waals surface area contributed by atoms with Crippen LogP contribution in [0.5, 0.6) is 0 Å². The first-order chi connectivity index (χ1) is 10.6. The summed E-state index contributed by atoms with van der Waals surface area (Å²) in [6, 6.07) is 8.26. The van der Waals surface area contributed by atoms with Gasteiger partial charge in [-0.15, -0.1) is 0 Å². The standard InChI is InChI=1S/C17H15FN4/c1-3-14-16(7-8-20-17(14)19)22-10-15(11(2)21-22)12-5-4-6-13(18)9-12/h3-10H,1H2,2H3,(H2,19,20). The Morgan fingerprint density at radius 2 is 2.14 bits per heavy atom. The van der Waals surface area contributed by atoms with Crippen molar-refractivity contribution in [3.8, 4) is 16.8 Å². The van der Waals surface area contributed by atoms with Crippen LogP contribution in [-0.2, 0) is 0 Å². The minimum Gasteiger partial charge on any atom is -0.383 e. The fourth-order valence-corrected chi connectivity index (χ4v) is 2.41. The molecular formula is C17H15FN4. The summed E-state index contributed by atoms with van der Waals surface area (Å²) in [6.45, 7) is 5.65. The molecule has 22 heavy (non-hydrogen) atoms. The second-order valence-corrected chi connectivity index (χ2v) is 4.92. The molecule has 110 valence electrons. The summed E-state index contributed by atoms with van der Waals surface area (Å²) in [5.74, 6) is 0.123. The Labute approximate surface area is 127 Å². The average Bonchev–Trinajstić information content (AvgIpc) is 2.89. The minimum atomic E-state index is -0.274. The Balaban J connectivity index is 2.14. The molecule has 0 spiro atoms. The van der Waals surface area contributed by atoms with Crippen molar-refractivity contribution in [3.63, 3.8) is 0 Å². The second kappa shape index (κ2) is 5.44. The highest BCUT2D eigenvalue weighted by molar-refractivity contribution is 5.70. The largest absolute Gasteiger partial charge is 0.383 e. The molecule has 1 aromatic carbocycles. The van der Waals surface area contributed by atoms with Gasteiger partial charge in [0.05, 0.1) is 11.4 Å². The Morgan fingerprint density at radius 3 is 2.86 bits per heavy atom. The predicted octanol–water partition coefficient (Wildman–Crippen LogP) is 3.61. The normalized spacial score (nSPS) is 10.6. The van der Waals surface area contributed by atoms with E-state index in [2.05, 4.69) is 16.7 Å². The number of hydrogen-bond acceptors (Lipinski definition) is 3. The van der Waals surface area contributed by atoms with Gasteiger partial charge in [-0.05, 0) is 30.7 Å². The van der Waals surface area contributed by atoms with Gasteiger partial charge in [0.1, 0.15) is 11.6 Å². The number of hydrogen-bond donors (Lipinski definition) is 1. The zero-order chi connectivity index (χ0) is 15.7. The number of nitrogens with two attached hydrogens (primary N) is 1. The molecule has 3 rings (SSSR count). The number of aryl methyl sites for hydroxylation is 1. The maximum atomic E-state index is 13.4. The van der Waals surface area contributed by atoms with Gasteiger partial charge in [-0.25, -0.2) is 14.1 Å². The van der Waals surface area contributed by atoms with Gasteiger partial charge in [-0.2, -0.15) is 5.10 Å². The van der Waals surface area contributed by atoms with Gasteiger partial charge in [0.2, 0.25) is 0 Å². The Bertz CT molecular complexity index is 852. The smallest absolute Gasteiger partial charge is 0.132 e. The lowest BCUT2D eigenvalue weighted by Crippen LogP contribution is -2.02. The molecule has 0 aliphatic carbocycles. The van der Waals surface area contributed by atoms with Crippen molar-refractivity contribution >= 4 is 11.9 Å². The van der Waals surface area contributed by atoms with E-state index in [0.717, 1.165) is 28.1 Å². The third-order valence-corrected chi connectivity index (χ3v) is 3.48. The second-order valence-electron chi connectivity index (χ2n) is 4.92. The van der Waals surface area contributed by atoms with Crippen LogP contribution in [0.4, 0.5) is 10.2 Å². The number of halogens is 1. The van der Waals surface area contributed by atoms with Crippen LogP contribution in [0, 0.1) is 12.7 Å². The van der Waals surface area contributed by atoms with E-state index in [0.29, 0.717) is 5.82 Å². The van der Waals surface area contributed by atoms with Crippen molar-refractivity contribution in [3.05, 3.63) is 66.4 Å². The fraction of sp³-hybridized carbons (Fsp3) is 0.0588. The van der Waals surface area contributed by atoms with E-state index in [4.69, 9.17) is 5.73 Å². The monoisotopic (exact) mass is 294 g/mol. The summed E-state index contributed by atoms with van der Waals surface area (Å²) in [4.78, 5) is 4.05. The van der Waals surface area contributed by atoms with Crippen molar-refractivity contribution in [2.45, 2.75) is 6.92 Å². The number of anilines is 1. The summed E-state index contributed by atoms with van der Waals surface area (Å²) in [5, 5.41) is 4.50. The molecule has 3 aromatic rings. The van der Waals surface area contributed by atoms with Gasteiger partial charge in [-0.1, -0.05) is 24.8 Å². The average molecular weight is 294 g/mol. The molecule has 0 aliphatic rings. The summed E-state index contributed by atoms with van der Waals surface area (Å²) >= 11 is 0. The van der Waals surface area contributed by atoms with E-state index in [-0.39, 0.29) is 5.82 Å². The molecular weight excluding hydrogens is 279 g/mol. The van der Waals surface area contributed by atoms with Gasteiger partial charge < -0.3 is 5.73 Å². The predicted molar refractivity (Wildman–Crippen MR) is 86.0 cm³/mol. The van der Waals surface area contributed by atoms with Crippen LogP contribution >= 0.6 is 0 Å². The van der Waals surface area contributed by atoms with Crippen molar-refractivity contribution in [1.29, 1.82) is 0 Å². The first kappa shape index (κ1) is 14.0. The number of aromatic nitrogens is 3. The summed E-state index contributed by atoms with van der Waals surface area (Å²) in [5.41, 5.74) is 9.83. The molecule has 2 aromatic heterocycles. The van der Waals surface area contributed by atoms with Gasteiger partial charge >= 0.3 is 0 Å². The molecule has 5 heteroatoms. The first-order valence-electron chi connectivity index (χ1n) is 6.79. The van der Waals surface area contributed by atoms with Gasteiger partial charge in [0.25, 0.3) is 0 Å². The van der Waals surface area contributed by atoms with Crippen molar-refractivity contribution in [2.24, 2.45) is 0 Å². The van der Waals surface area contributed by atoms with Crippen molar-refractivity contribution in [2.75, 3.05) is 5.73 Å². The van der Waals surface area contributed by atoms with E-state index in [1.54, 1.807) is 23.0 Å². The lowest BCUT2D eigenvalue weighted by Gasteiger charge is -2.07. The molecule has 0 unspecified atom stereocenters. The lowest BCUT2D eigenvalue weighted by molar-refractivity contribution is 0.628. The highest BCUT2D eigenvalue weighted by Crippen LogP contribution is 2.26. The molecule has 4 nitrogen and oxygen atoms in total. The number of pyridine rings is 1. The summed E-state index contributed by atoms with van der Waals surface area (Å²) < 4.78 is 15.1. The quantitative estimate of drug-likeness (QED) is 0.803. The van der Waals surface area contributed by atoms with Gasteiger partial charge in [-0.3, -0.25) is 0 Å². The number of rotatable bonds is 3. The molecule has 0 aliphatic heterocycles. The van der Waals surface area contributed by atoms with E-state index >= 15 is 0 Å². The SMILES string of the molecule is C=Cc1c(-n2cc(-c3cccc(F)c3)c(C)n2)ccnc1N. The highest BCUT2D eigenvalue weighted by atomic mass is 19.1. The lowest BCUT2D eigenvalue weighted by atomic mass is 10.1. The molecule has 0 saturated carbocycles. The Morgan fingerprint density at radius 1 is 1.32 bits per heavy atom. The van der Waals surface area contributed by atoms with Crippen LogP contribution in [0.15, 0.2) is 49.3 Å². The molecule has 2 heterocycles. The molecule has 0 bridgehead atoms. The van der Waals surface area contributed by atoms with E-state index in [9.17, 15) is 4.39 Å². The topological polar surface area (TPSA) is 56.7 Å². The van der Waals surface area contributed by atoms with E-state index in [1.165, 1.54) is 12.1 Å². The van der Waals surface area contributed by atoms with E-state index in [1.807, 2.05) is 25.3 Å². The van der Waals surface area contributed by atoms with Gasteiger partial charge in [0, 0.05) is 23.5 Å². The molecule has 2 N–H and O–H groups in total. The Kier molecular flexibility index (Phi) is 3.47. The third kappa shape index (κ3) is 2.37. The van der Waals surface area contributed by atoms with Crippen LogP contribution in [0.2, 0.25) is 0 Å². The van der Waals surface area contributed by atoms with Crippen LogP contribution in [0.25, 0.3) is 22.9 Å². The molecule has 0 fully saturated rings. The molecule has 0 radical (unpaired) electrons. The van der Waals surface area contributed by atoms with Crippen LogP contribution in [0.1, 0.15) is 11.3 Å². The van der Waals surface area contributed by atoms with Crippen LogP contribution < -0.4 is 5.73 Å². The minimum absolute atomic E-state index is 0.274. The van der Waals surface area contributed by atoms with Crippen LogP contribution in [-0.4, -0.2) is 14.8 Å². The van der Waals surface area contributed by atoms with Crippen LogP contribution in [0.3, 0.4) is 0 Å². The first-order valence-corrected chi connectivity index (χ1v) is 6.79. The molecule has 0 saturated heterocycles. The zero-order valence-corrected chi connectivity index (χ0v) is 12.1. The van der Waals surface area contributed by atoms with Crippen molar-refractivity contribution < 1.29 is 4.39 Å². The Hall–Kier alpha value is -2.95. The summed E-state index contributed by atoms with van der Waals surface area (Å²) in [7, 11) is 0. The number of benzene rings is 1. The van der Waals surface area contributed by atoms with Gasteiger partial charge in [0.15, 0.2) is 0 Å². The molecule has 0 atom stereocenters. The maximum Gasteiger partial charge on any atom is 0.132 e. The highest BCUT2D eigenvalue weighted by Gasteiger charge is 2.12.